The van der Waals surface area contributed by atoms with E-state index < -0.39 is 60.9 Å². The van der Waals surface area contributed by atoms with Crippen LogP contribution >= 0.6 is 46.4 Å². The number of hydrogen-bond donors (Lipinski definition) is 3. The number of anilines is 2. The number of nitrogens with one attached hydrogen (secondary N) is 1. The van der Waals surface area contributed by atoms with Gasteiger partial charge in [-0.1, -0.05) is 127 Å². The monoisotopic (exact) mass is 1060 g/mol. The predicted octanol–water partition coefficient (Wildman–Crippen LogP) is 10.6. The van der Waals surface area contributed by atoms with E-state index in [2.05, 4.69) is 4.72 Å². The van der Waals surface area contributed by atoms with Crippen molar-refractivity contribution in [2.45, 2.75) is 54.2 Å². The summed E-state index contributed by atoms with van der Waals surface area (Å²) >= 11 is 24.7. The van der Waals surface area contributed by atoms with Gasteiger partial charge in [-0.3, -0.25) is 14.3 Å². The number of unbranched alkanes of at least 4 members (excludes halogenated alkanes) is 1. The van der Waals surface area contributed by atoms with Gasteiger partial charge in [0, 0.05) is 44.9 Å². The molecule has 7 aromatic carbocycles. The summed E-state index contributed by atoms with van der Waals surface area (Å²) in [5.41, 5.74) is 3.78. The van der Waals surface area contributed by atoms with Crippen LogP contribution in [0.3, 0.4) is 0 Å². The number of carbonyl (C=O) groups is 4. The number of aliphatic carboxylic acids is 1. The number of carbonyl (C=O) groups excluding carboxylic acids is 3. The van der Waals surface area contributed by atoms with Crippen LogP contribution in [-0.4, -0.2) is 69.3 Å². The van der Waals surface area contributed by atoms with Crippen molar-refractivity contribution in [3.63, 3.8) is 0 Å². The number of halogens is 4. The van der Waals surface area contributed by atoms with E-state index in [0.29, 0.717) is 25.9 Å². The maximum Gasteiger partial charge on any atom is 0.339 e. The number of ether oxygens (including phenoxy) is 1. The molecule has 362 valence electrons. The molecule has 7 aromatic rings. The average Bonchev–Trinajstić information content (AvgIpc) is 3.30. The zero-order valence-electron chi connectivity index (χ0n) is 37.1. The summed E-state index contributed by atoms with van der Waals surface area (Å²) in [5.74, 6) is -5.00. The van der Waals surface area contributed by atoms with Gasteiger partial charge in [0.2, 0.25) is 6.10 Å². The van der Waals surface area contributed by atoms with Crippen LogP contribution in [0.2, 0.25) is 20.1 Å². The van der Waals surface area contributed by atoms with Gasteiger partial charge in [0.05, 0.1) is 21.0 Å². The van der Waals surface area contributed by atoms with Crippen molar-refractivity contribution >= 4 is 123 Å². The first-order valence-corrected chi connectivity index (χ1v) is 25.7. The minimum Gasteiger partial charge on any atom is -0.479 e. The van der Waals surface area contributed by atoms with Crippen LogP contribution < -0.4 is 14.8 Å². The number of esters is 1. The third-order valence-corrected chi connectivity index (χ3v) is 15.4. The number of nitrogens with zero attached hydrogens (tertiary/aromatic N) is 2. The third-order valence-electron chi connectivity index (χ3n) is 11.3. The number of fused-ring (bicyclic) bond motifs is 2. The lowest BCUT2D eigenvalue weighted by Gasteiger charge is -2.44. The number of rotatable bonds is 18. The first kappa shape index (κ1) is 51.5. The lowest BCUT2D eigenvalue weighted by molar-refractivity contribution is -0.153. The fraction of sp³-hybridized carbons (Fsp3) is 0.160. The van der Waals surface area contributed by atoms with E-state index in [9.17, 15) is 32.7 Å². The Kier molecular flexibility index (Phi) is 15.4. The summed E-state index contributed by atoms with van der Waals surface area (Å²) < 4.78 is 65.8. The van der Waals surface area contributed by atoms with Crippen molar-refractivity contribution in [2.24, 2.45) is 5.73 Å². The van der Waals surface area contributed by atoms with Gasteiger partial charge in [-0.05, 0) is 112 Å². The second kappa shape index (κ2) is 20.9. The zero-order valence-corrected chi connectivity index (χ0v) is 41.8. The Morgan fingerprint density at radius 3 is 1.94 bits per heavy atom. The molecular weight excluding hydrogens is 1020 g/mol. The summed E-state index contributed by atoms with van der Waals surface area (Å²) in [6.45, 7) is 1.98. The van der Waals surface area contributed by atoms with Gasteiger partial charge in [-0.15, -0.1) is 0 Å². The van der Waals surface area contributed by atoms with Crippen LogP contribution in [0.15, 0.2) is 149 Å². The summed E-state index contributed by atoms with van der Waals surface area (Å²) in [5, 5.41) is 13.0. The van der Waals surface area contributed by atoms with Crippen molar-refractivity contribution < 1.29 is 45.9 Å². The molecule has 0 radical (unpaired) electrons. The summed E-state index contributed by atoms with van der Waals surface area (Å²) in [6, 6.07) is 33.9. The molecule has 0 fully saturated rings. The van der Waals surface area contributed by atoms with Gasteiger partial charge < -0.3 is 20.5 Å². The second-order valence-corrected chi connectivity index (χ2v) is 21.5. The molecule has 0 saturated carbocycles. The van der Waals surface area contributed by atoms with Gasteiger partial charge >= 0.3 is 11.9 Å². The van der Waals surface area contributed by atoms with Crippen LogP contribution in [-0.2, 0) is 40.9 Å². The van der Waals surface area contributed by atoms with Gasteiger partial charge in [0.1, 0.15) is 0 Å². The molecule has 0 aliphatic rings. The van der Waals surface area contributed by atoms with Crippen molar-refractivity contribution in [3.8, 4) is 0 Å². The molecule has 0 aromatic heterocycles. The van der Waals surface area contributed by atoms with E-state index in [0.717, 1.165) is 17.7 Å². The fourth-order valence-electron chi connectivity index (χ4n) is 8.08. The molecular formula is C50H42Cl4N4O10S2. The number of amides is 2. The van der Waals surface area contributed by atoms with Crippen LogP contribution in [0.1, 0.15) is 52.5 Å². The number of carboxylic acid groups (broad SMARTS) is 1. The Balaban J connectivity index is 1.32. The fourth-order valence-corrected chi connectivity index (χ4v) is 12.4. The minimum absolute atomic E-state index is 0.0254. The topological polar surface area (TPSA) is 211 Å². The number of hydrogen-bond acceptors (Lipinski definition) is 9. The van der Waals surface area contributed by atoms with Crippen molar-refractivity contribution in [3.05, 3.63) is 176 Å². The van der Waals surface area contributed by atoms with E-state index in [4.69, 9.17) is 56.9 Å². The summed E-state index contributed by atoms with van der Waals surface area (Å²) in [7, 11) is -7.69. The normalized spacial score (nSPS) is 13.0. The number of carboxylic acids is 1. The molecule has 14 nitrogen and oxygen atoms in total. The van der Waals surface area contributed by atoms with Gasteiger partial charge in [-0.2, -0.15) is 0 Å². The highest BCUT2D eigenvalue weighted by molar-refractivity contribution is 7.93. The van der Waals surface area contributed by atoms with E-state index in [1.54, 1.807) is 32.2 Å². The van der Waals surface area contributed by atoms with Crippen molar-refractivity contribution in [1.82, 2.24) is 4.90 Å². The number of sulfonamides is 2. The molecule has 0 saturated heterocycles. The predicted molar refractivity (Wildman–Crippen MR) is 272 cm³/mol. The lowest BCUT2D eigenvalue weighted by atomic mass is 9.85. The molecule has 0 heterocycles. The smallest absolute Gasteiger partial charge is 0.339 e. The van der Waals surface area contributed by atoms with E-state index in [-0.39, 0.29) is 72.8 Å². The van der Waals surface area contributed by atoms with Crippen molar-refractivity contribution in [2.75, 3.05) is 16.1 Å². The molecule has 0 bridgehead atoms. The standard InChI is InChI=1S/C50H42Cl4N4O10S2/c1-3-4-19-50(49(62)63,45(46(55)59)68-48(61)34-14-13-32-21-39(16-15-31(32)20-34)56-69(64,65)41-25-35(51)23-36(52)26-41)58(70(66,67)42-27-37(53)24-38(54)28-42)40-17-18-43-33(22-40)11-8-12-44(43)47(60)57(2)29-30-9-6-5-7-10-30/h5-18,20-28,45,56H,3-4,19,29H2,1-2H3,(H2,55,59)(H,62,63). The Morgan fingerprint density at radius 2 is 1.33 bits per heavy atom. The maximum atomic E-state index is 15.3. The second-order valence-electron chi connectivity index (χ2n) is 16.2. The number of primary amides is 1. The first-order chi connectivity index (χ1) is 33.1. The molecule has 20 heteroatoms. The Morgan fingerprint density at radius 1 is 0.714 bits per heavy atom. The molecule has 0 aliphatic heterocycles. The first-order valence-electron chi connectivity index (χ1n) is 21.2. The maximum absolute atomic E-state index is 15.3. The molecule has 0 aliphatic carbocycles. The molecule has 4 N–H and O–H groups in total. The highest BCUT2D eigenvalue weighted by Crippen LogP contribution is 2.42. The SMILES string of the molecule is CCCCC(C(=O)O)(C(OC(=O)c1ccc2cc(NS(=O)(=O)c3cc(Cl)cc(Cl)c3)ccc2c1)C(N)=O)N(c1ccc2c(C(=O)N(C)Cc3ccccc3)cccc2c1)S(=O)(=O)c1cc(Cl)cc(Cl)c1. The molecule has 7 rings (SSSR count). The molecule has 2 atom stereocenters. The molecule has 2 amide bonds. The molecule has 70 heavy (non-hydrogen) atoms. The van der Waals surface area contributed by atoms with Crippen LogP contribution in [0.25, 0.3) is 21.5 Å². The average molecular weight is 1060 g/mol. The van der Waals surface area contributed by atoms with E-state index in [1.807, 2.05) is 30.3 Å². The van der Waals surface area contributed by atoms with E-state index >= 15 is 8.42 Å². The zero-order chi connectivity index (χ0) is 50.7. The van der Waals surface area contributed by atoms with Gasteiger partial charge in [0.15, 0.2) is 5.54 Å². The van der Waals surface area contributed by atoms with Crippen LogP contribution in [0.5, 0.6) is 0 Å². The third kappa shape index (κ3) is 10.8. The minimum atomic E-state index is -5.17. The quantitative estimate of drug-likeness (QED) is 0.0692. The highest BCUT2D eigenvalue weighted by atomic mass is 35.5. The van der Waals surface area contributed by atoms with Gasteiger partial charge in [-0.25, -0.2) is 30.7 Å². The Hall–Kier alpha value is -6.40. The summed E-state index contributed by atoms with van der Waals surface area (Å²) in [4.78, 5) is 57.0. The number of nitrogens with two attached hydrogens (primary N) is 1. The Labute approximate surface area is 423 Å². The van der Waals surface area contributed by atoms with Crippen LogP contribution in [0.4, 0.5) is 11.4 Å². The highest BCUT2D eigenvalue weighted by Gasteiger charge is 2.60. The van der Waals surface area contributed by atoms with Crippen molar-refractivity contribution in [1.29, 1.82) is 0 Å². The molecule has 0 spiro atoms. The van der Waals surface area contributed by atoms with Crippen LogP contribution in [0, 0.1) is 0 Å². The Bertz CT molecular complexity index is 3400. The summed E-state index contributed by atoms with van der Waals surface area (Å²) in [6.07, 6.45) is -2.87. The largest absolute Gasteiger partial charge is 0.479 e. The molecule has 2 unspecified atom stereocenters. The van der Waals surface area contributed by atoms with Gasteiger partial charge in [0.25, 0.3) is 31.9 Å². The lowest BCUT2D eigenvalue weighted by Crippen LogP contribution is -2.68. The van der Waals surface area contributed by atoms with E-state index in [1.165, 1.54) is 83.8 Å². The number of benzene rings is 7.